The summed E-state index contributed by atoms with van der Waals surface area (Å²) in [5.41, 5.74) is 13.6. The number of hydrogen-bond acceptors (Lipinski definition) is 8. The Balaban J connectivity index is 0.000000156. The van der Waals surface area contributed by atoms with Gasteiger partial charge < -0.3 is 38.6 Å². The maximum atomic E-state index is 9.10. The molecule has 2 aliphatic rings. The highest BCUT2D eigenvalue weighted by molar-refractivity contribution is 9.10. The molecule has 2 fully saturated rings. The number of hydrogen-bond donors (Lipinski definition) is 2. The zero-order valence-corrected chi connectivity index (χ0v) is 55.5. The SMILES string of the molecule is Brc1ccc(N(c2ccc(-c3ccccc3)cc2)c2ccc(-c3ccccc3)cc2)cc1.CC(C)(O)C(C)(C)O.CC1(C)OB(B2OC(C)(C)C(C)(C)O2)OC1(C)C.[B]c1ccc(N(c2ccc(-c3ccccc3)cc2)c2ccc(-c3ccccc3)cc2)cc1. The minimum atomic E-state index is -1.01. The molecular weight excluding hydrogens is 1170 g/mol. The maximum Gasteiger partial charge on any atom is 0.488 e. The number of halogens is 1. The van der Waals surface area contributed by atoms with Gasteiger partial charge in [-0.25, -0.2) is 0 Å². The van der Waals surface area contributed by atoms with Gasteiger partial charge in [-0.05, 0) is 213 Å². The second kappa shape index (κ2) is 28.2. The van der Waals surface area contributed by atoms with E-state index in [-0.39, 0.29) is 22.4 Å². The van der Waals surface area contributed by atoms with Gasteiger partial charge in [0.05, 0.1) is 33.6 Å². The van der Waals surface area contributed by atoms with Crippen molar-refractivity contribution in [3.05, 3.63) is 271 Å². The summed E-state index contributed by atoms with van der Waals surface area (Å²) in [5, 5.41) is 18.2. The summed E-state index contributed by atoms with van der Waals surface area (Å²) in [6.45, 7) is 22.5. The quantitative estimate of drug-likeness (QED) is 0.117. The van der Waals surface area contributed by atoms with Crippen molar-refractivity contribution in [3.8, 4) is 44.5 Å². The number of nitrogens with zero attached hydrogens (tertiary/aromatic N) is 2. The van der Waals surface area contributed by atoms with Crippen molar-refractivity contribution in [3.63, 3.8) is 0 Å². The lowest BCUT2D eigenvalue weighted by Gasteiger charge is -2.32. The van der Waals surface area contributed by atoms with E-state index in [9.17, 15) is 0 Å². The average Bonchev–Trinajstić information content (AvgIpc) is 1.59. The third kappa shape index (κ3) is 16.4. The Hall–Kier alpha value is -7.77. The number of anilines is 6. The molecule has 2 saturated heterocycles. The molecule has 0 aromatic heterocycles. The lowest BCUT2D eigenvalue weighted by molar-refractivity contribution is -0.107. The van der Waals surface area contributed by atoms with Crippen LogP contribution in [0.25, 0.3) is 44.5 Å². The zero-order chi connectivity index (χ0) is 64.5. The molecule has 0 unspecified atom stereocenters. The minimum Gasteiger partial charge on any atom is -0.405 e. The topological polar surface area (TPSA) is 83.9 Å². The van der Waals surface area contributed by atoms with Crippen LogP contribution < -0.4 is 15.3 Å². The first-order valence-electron chi connectivity index (χ1n) is 30.7. The highest BCUT2D eigenvalue weighted by Gasteiger charge is 2.63. The third-order valence-corrected chi connectivity index (χ3v) is 18.0. The van der Waals surface area contributed by atoms with Crippen LogP contribution in [0.4, 0.5) is 34.1 Å². The van der Waals surface area contributed by atoms with E-state index in [1.54, 1.807) is 27.7 Å². The van der Waals surface area contributed by atoms with Crippen molar-refractivity contribution in [1.82, 2.24) is 0 Å². The van der Waals surface area contributed by atoms with Gasteiger partial charge in [-0.3, -0.25) is 0 Å². The molecule has 456 valence electrons. The summed E-state index contributed by atoms with van der Waals surface area (Å²) in [5.74, 6) is 0. The molecule has 0 atom stereocenters. The lowest BCUT2D eigenvalue weighted by Crippen LogP contribution is -2.44. The first kappa shape index (κ1) is 66.6. The molecule has 2 heterocycles. The first-order chi connectivity index (χ1) is 42.7. The zero-order valence-electron chi connectivity index (χ0n) is 53.9. The average molecular weight is 1260 g/mol. The molecule has 12 rings (SSSR count). The number of aliphatic hydroxyl groups is 2. The molecular formula is C78H82B3BrN2O6. The van der Waals surface area contributed by atoms with Gasteiger partial charge >= 0.3 is 14.0 Å². The van der Waals surface area contributed by atoms with Crippen LogP contribution in [0.5, 0.6) is 0 Å². The molecule has 12 heteroatoms. The lowest BCUT2D eigenvalue weighted by atomic mass is 9.49. The predicted molar refractivity (Wildman–Crippen MR) is 382 cm³/mol. The van der Waals surface area contributed by atoms with Gasteiger partial charge in [0, 0.05) is 38.6 Å². The Morgan fingerprint density at radius 1 is 0.300 bits per heavy atom. The van der Waals surface area contributed by atoms with Gasteiger partial charge in [-0.15, -0.1) is 0 Å². The monoisotopic (exact) mass is 1250 g/mol. The van der Waals surface area contributed by atoms with E-state index in [0.29, 0.717) is 0 Å². The van der Waals surface area contributed by atoms with Crippen molar-refractivity contribution < 1.29 is 28.8 Å². The fraction of sp³-hybridized carbons (Fsp3) is 0.231. The highest BCUT2D eigenvalue weighted by atomic mass is 79.9. The number of benzene rings is 10. The van der Waals surface area contributed by atoms with Crippen LogP contribution in [0.2, 0.25) is 0 Å². The van der Waals surface area contributed by atoms with E-state index in [4.69, 9.17) is 36.7 Å². The van der Waals surface area contributed by atoms with Gasteiger partial charge in [0.15, 0.2) is 0 Å². The maximum absolute atomic E-state index is 9.10. The third-order valence-electron chi connectivity index (χ3n) is 17.4. The van der Waals surface area contributed by atoms with Crippen LogP contribution >= 0.6 is 15.9 Å². The normalized spacial score (nSPS) is 15.2. The Morgan fingerprint density at radius 3 is 0.678 bits per heavy atom. The highest BCUT2D eigenvalue weighted by Crippen LogP contribution is 2.44. The van der Waals surface area contributed by atoms with Gasteiger partial charge in [0.2, 0.25) is 0 Å². The van der Waals surface area contributed by atoms with Crippen molar-refractivity contribution in [2.75, 3.05) is 9.80 Å². The van der Waals surface area contributed by atoms with E-state index in [1.807, 2.05) is 91.8 Å². The van der Waals surface area contributed by atoms with E-state index in [1.165, 1.54) is 44.5 Å². The Morgan fingerprint density at radius 2 is 0.478 bits per heavy atom. The minimum absolute atomic E-state index is 0.360. The van der Waals surface area contributed by atoms with Crippen LogP contribution in [0.3, 0.4) is 0 Å². The van der Waals surface area contributed by atoms with E-state index in [0.717, 1.165) is 44.1 Å². The Kier molecular flexibility index (Phi) is 20.9. The van der Waals surface area contributed by atoms with Crippen molar-refractivity contribution >= 4 is 77.4 Å². The predicted octanol–water partition coefficient (Wildman–Crippen LogP) is 19.3. The molecule has 10 aromatic rings. The molecule has 10 aromatic carbocycles. The second-order valence-corrected chi connectivity index (χ2v) is 26.7. The molecule has 0 aliphatic carbocycles. The molecule has 8 nitrogen and oxygen atoms in total. The van der Waals surface area contributed by atoms with Crippen LogP contribution in [0.15, 0.2) is 271 Å². The summed E-state index contributed by atoms with van der Waals surface area (Å²) in [6.07, 6.45) is 0. The molecule has 90 heavy (non-hydrogen) atoms. The molecule has 0 amide bonds. The van der Waals surface area contributed by atoms with E-state index < -0.39 is 25.2 Å². The van der Waals surface area contributed by atoms with Gasteiger partial charge in [0.25, 0.3) is 0 Å². The van der Waals surface area contributed by atoms with E-state index in [2.05, 4.69) is 256 Å². The molecule has 0 bridgehead atoms. The van der Waals surface area contributed by atoms with Crippen molar-refractivity contribution in [2.24, 2.45) is 0 Å². The van der Waals surface area contributed by atoms with Crippen LogP contribution in [-0.2, 0) is 18.6 Å². The fourth-order valence-electron chi connectivity index (χ4n) is 9.84. The largest absolute Gasteiger partial charge is 0.488 e. The molecule has 2 aliphatic heterocycles. The molecule has 0 saturated carbocycles. The Bertz CT molecular complexity index is 3390. The number of rotatable bonds is 12. The summed E-state index contributed by atoms with van der Waals surface area (Å²) >= 11 is 3.56. The van der Waals surface area contributed by atoms with Crippen LogP contribution in [0, 0.1) is 0 Å². The summed E-state index contributed by atoms with van der Waals surface area (Å²) in [4.78, 5) is 4.54. The van der Waals surface area contributed by atoms with Gasteiger partial charge in [0.1, 0.15) is 7.85 Å². The smallest absolute Gasteiger partial charge is 0.405 e. The van der Waals surface area contributed by atoms with Crippen molar-refractivity contribution in [1.29, 1.82) is 0 Å². The van der Waals surface area contributed by atoms with Gasteiger partial charge in [-0.1, -0.05) is 203 Å². The van der Waals surface area contributed by atoms with E-state index >= 15 is 0 Å². The summed E-state index contributed by atoms with van der Waals surface area (Å²) < 4.78 is 24.9. The standard InChI is InChI=1S/C30H22BN.C30H22BrN.C12H24B2O4.C6H14O2/c2*31-27-15-21-30(22-16-27)32(28-17-11-25(12-18-28)23-7-3-1-4-8-23)29-19-13-26(14-20-29)24-9-5-2-6-10-24;1-9(2)10(3,4)16-13(15-9)14-17-11(5,6)12(7,8)18-14;1-5(2,7)6(3,4)8/h2*1-22H;1-8H3;7-8H,1-4H3. The molecule has 0 spiro atoms. The first-order valence-corrected chi connectivity index (χ1v) is 31.5. The molecule has 2 N–H and O–H groups in total. The van der Waals surface area contributed by atoms with Crippen LogP contribution in [-0.4, -0.2) is 65.7 Å². The van der Waals surface area contributed by atoms with Crippen LogP contribution in [0.1, 0.15) is 83.1 Å². The summed E-state index contributed by atoms with van der Waals surface area (Å²) in [6, 6.07) is 93.2. The summed E-state index contributed by atoms with van der Waals surface area (Å²) in [7, 11) is 5.00. The van der Waals surface area contributed by atoms with Crippen molar-refractivity contribution in [2.45, 2.75) is 117 Å². The van der Waals surface area contributed by atoms with Gasteiger partial charge in [-0.2, -0.15) is 0 Å². The fourth-order valence-corrected chi connectivity index (χ4v) is 10.1. The Labute approximate surface area is 545 Å². The second-order valence-electron chi connectivity index (χ2n) is 25.8. The molecule has 2 radical (unpaired) electrons.